The number of rotatable bonds is 7. The van der Waals surface area contributed by atoms with E-state index >= 15 is 0 Å². The van der Waals surface area contributed by atoms with Crippen molar-refractivity contribution in [2.24, 2.45) is 5.73 Å². The van der Waals surface area contributed by atoms with Crippen LogP contribution in [0.5, 0.6) is 5.75 Å². The Labute approximate surface area is 201 Å². The van der Waals surface area contributed by atoms with E-state index in [9.17, 15) is 14.9 Å². The van der Waals surface area contributed by atoms with Crippen molar-refractivity contribution in [3.63, 3.8) is 0 Å². The third-order valence-corrected chi connectivity index (χ3v) is 5.75. The van der Waals surface area contributed by atoms with Gasteiger partial charge in [0, 0.05) is 33.6 Å². The molecule has 0 bridgehead atoms. The van der Waals surface area contributed by atoms with Gasteiger partial charge in [-0.15, -0.1) is 0 Å². The number of benzene rings is 3. The predicted molar refractivity (Wildman–Crippen MR) is 130 cm³/mol. The van der Waals surface area contributed by atoms with E-state index in [-0.39, 0.29) is 16.9 Å². The minimum Gasteiger partial charge on any atom is -0.497 e. The summed E-state index contributed by atoms with van der Waals surface area (Å²) in [7, 11) is 1.57. The molecule has 0 unspecified atom stereocenters. The highest BCUT2D eigenvalue weighted by molar-refractivity contribution is 6.30. The summed E-state index contributed by atoms with van der Waals surface area (Å²) in [5.74, 6) is -1.84. The number of nitrogens with zero attached hydrogens (tertiary/aromatic N) is 2. The van der Waals surface area contributed by atoms with Gasteiger partial charge in [0.2, 0.25) is 5.91 Å². The maximum atomic E-state index is 13.6. The van der Waals surface area contributed by atoms with Gasteiger partial charge in [-0.2, -0.15) is 5.26 Å². The van der Waals surface area contributed by atoms with E-state index in [2.05, 4.69) is 0 Å². The van der Waals surface area contributed by atoms with E-state index in [4.69, 9.17) is 22.1 Å². The van der Waals surface area contributed by atoms with Gasteiger partial charge in [0.15, 0.2) is 11.7 Å². The first kappa shape index (κ1) is 22.8. The molecule has 3 aromatic carbocycles. The first-order valence-corrected chi connectivity index (χ1v) is 10.8. The molecule has 0 fully saturated rings. The number of primary amides is 1. The lowest BCUT2D eigenvalue weighted by Gasteiger charge is -2.14. The van der Waals surface area contributed by atoms with Gasteiger partial charge in [-0.05, 0) is 42.0 Å². The minimum absolute atomic E-state index is 0.220. The predicted octanol–water partition coefficient (Wildman–Crippen LogP) is 5.13. The number of halogens is 1. The zero-order valence-electron chi connectivity index (χ0n) is 18.2. The standard InChI is InChI=1S/C27H20ClN3O3/c1-34-21-13-11-20(12-14-21)31-16-23(26(32)18-5-3-2-4-6-18)24(22(15-29)27(30)33)25(31)17-7-9-19(28)10-8-17/h2-14,16,22H,1H3,(H2,30,33)/t22-/m1/s1. The zero-order valence-corrected chi connectivity index (χ0v) is 19.0. The highest BCUT2D eigenvalue weighted by Crippen LogP contribution is 2.38. The first-order chi connectivity index (χ1) is 16.4. The Kier molecular flexibility index (Phi) is 6.48. The quantitative estimate of drug-likeness (QED) is 0.379. The number of amides is 1. The van der Waals surface area contributed by atoms with E-state index in [0.717, 1.165) is 0 Å². The van der Waals surface area contributed by atoms with Crippen molar-refractivity contribution in [1.82, 2.24) is 4.57 Å². The third-order valence-electron chi connectivity index (χ3n) is 5.50. The summed E-state index contributed by atoms with van der Waals surface area (Å²) in [6.07, 6.45) is 1.64. The van der Waals surface area contributed by atoms with Crippen molar-refractivity contribution in [1.29, 1.82) is 5.26 Å². The number of hydrogen-bond acceptors (Lipinski definition) is 4. The molecular formula is C27H20ClN3O3. The maximum Gasteiger partial charge on any atom is 0.239 e. The molecular weight excluding hydrogens is 450 g/mol. The largest absolute Gasteiger partial charge is 0.497 e. The second-order valence-corrected chi connectivity index (χ2v) is 7.98. The van der Waals surface area contributed by atoms with Crippen molar-refractivity contribution in [2.45, 2.75) is 5.92 Å². The Morgan fingerprint density at radius 1 is 1.00 bits per heavy atom. The van der Waals surface area contributed by atoms with Gasteiger partial charge in [-0.25, -0.2) is 0 Å². The lowest BCUT2D eigenvalue weighted by Crippen LogP contribution is -2.22. The average molecular weight is 470 g/mol. The van der Waals surface area contributed by atoms with Crippen LogP contribution >= 0.6 is 11.6 Å². The second-order valence-electron chi connectivity index (χ2n) is 7.54. The molecule has 1 atom stereocenters. The minimum atomic E-state index is -1.34. The van der Waals surface area contributed by atoms with Crippen molar-refractivity contribution in [3.05, 3.63) is 107 Å². The average Bonchev–Trinajstić information content (AvgIpc) is 3.25. The summed E-state index contributed by atoms with van der Waals surface area (Å²) in [4.78, 5) is 25.9. The summed E-state index contributed by atoms with van der Waals surface area (Å²) in [6, 6.07) is 24.8. The van der Waals surface area contributed by atoms with Crippen molar-refractivity contribution >= 4 is 23.3 Å². The van der Waals surface area contributed by atoms with Gasteiger partial charge in [0.1, 0.15) is 5.75 Å². The number of nitriles is 1. The van der Waals surface area contributed by atoms with E-state index in [1.54, 1.807) is 84.6 Å². The number of hydrogen-bond donors (Lipinski definition) is 1. The van der Waals surface area contributed by atoms with Crippen LogP contribution in [0.15, 0.2) is 85.1 Å². The van der Waals surface area contributed by atoms with Gasteiger partial charge in [0.05, 0.1) is 18.9 Å². The second kappa shape index (κ2) is 9.65. The fraction of sp³-hybridized carbons (Fsp3) is 0.0741. The van der Waals surface area contributed by atoms with Gasteiger partial charge in [0.25, 0.3) is 0 Å². The van der Waals surface area contributed by atoms with Crippen LogP contribution in [0.1, 0.15) is 27.4 Å². The molecule has 4 aromatic rings. The van der Waals surface area contributed by atoms with Crippen LogP contribution in [0.3, 0.4) is 0 Å². The summed E-state index contributed by atoms with van der Waals surface area (Å²) in [6.45, 7) is 0. The maximum absolute atomic E-state index is 13.6. The summed E-state index contributed by atoms with van der Waals surface area (Å²) >= 11 is 6.10. The molecule has 0 saturated carbocycles. The smallest absolute Gasteiger partial charge is 0.239 e. The topological polar surface area (TPSA) is 98.1 Å². The molecule has 0 spiro atoms. The lowest BCUT2D eigenvalue weighted by atomic mass is 9.90. The number of carbonyl (C=O) groups excluding carboxylic acids is 2. The number of ether oxygens (including phenoxy) is 1. The van der Waals surface area contributed by atoms with Gasteiger partial charge < -0.3 is 15.0 Å². The van der Waals surface area contributed by atoms with E-state index in [0.29, 0.717) is 33.3 Å². The van der Waals surface area contributed by atoms with Crippen LogP contribution < -0.4 is 10.5 Å². The fourth-order valence-corrected chi connectivity index (χ4v) is 3.98. The fourth-order valence-electron chi connectivity index (χ4n) is 3.86. The summed E-state index contributed by atoms with van der Waals surface area (Å²) < 4.78 is 7.04. The summed E-state index contributed by atoms with van der Waals surface area (Å²) in [5.41, 5.74) is 8.41. The Morgan fingerprint density at radius 2 is 1.65 bits per heavy atom. The highest BCUT2D eigenvalue weighted by Gasteiger charge is 2.32. The first-order valence-electron chi connectivity index (χ1n) is 10.4. The van der Waals surface area contributed by atoms with Gasteiger partial charge in [-0.3, -0.25) is 9.59 Å². The molecule has 1 aromatic heterocycles. The SMILES string of the molecule is COc1ccc(-n2cc(C(=O)c3ccccc3)c([C@@H](C#N)C(N)=O)c2-c2ccc(Cl)cc2)cc1. The molecule has 0 aliphatic carbocycles. The van der Waals surface area contributed by atoms with E-state index in [1.807, 2.05) is 18.2 Å². The monoisotopic (exact) mass is 469 g/mol. The Hall–Kier alpha value is -4.34. The Morgan fingerprint density at radius 3 is 2.21 bits per heavy atom. The number of carbonyl (C=O) groups is 2. The van der Waals surface area contributed by atoms with Crippen LogP contribution in [0, 0.1) is 11.3 Å². The molecule has 7 heteroatoms. The summed E-state index contributed by atoms with van der Waals surface area (Å²) in [5, 5.41) is 10.4. The molecule has 1 amide bonds. The lowest BCUT2D eigenvalue weighted by molar-refractivity contribution is -0.118. The molecule has 2 N–H and O–H groups in total. The molecule has 4 rings (SSSR count). The van der Waals surface area contributed by atoms with Crippen LogP contribution in [-0.4, -0.2) is 23.4 Å². The van der Waals surface area contributed by atoms with Crippen LogP contribution in [0.4, 0.5) is 0 Å². The zero-order chi connectivity index (χ0) is 24.2. The molecule has 0 aliphatic rings. The van der Waals surface area contributed by atoms with Gasteiger partial charge >= 0.3 is 0 Å². The van der Waals surface area contributed by atoms with Crippen LogP contribution in [0.25, 0.3) is 16.9 Å². The van der Waals surface area contributed by atoms with Gasteiger partial charge in [-0.1, -0.05) is 54.1 Å². The highest BCUT2D eigenvalue weighted by atomic mass is 35.5. The number of methoxy groups -OCH3 is 1. The van der Waals surface area contributed by atoms with Crippen molar-refractivity contribution < 1.29 is 14.3 Å². The molecule has 0 aliphatic heterocycles. The van der Waals surface area contributed by atoms with Crippen LogP contribution in [0.2, 0.25) is 5.02 Å². The Bertz CT molecular complexity index is 1390. The number of ketones is 1. The molecule has 0 radical (unpaired) electrons. The molecule has 168 valence electrons. The van der Waals surface area contributed by atoms with Crippen molar-refractivity contribution in [2.75, 3.05) is 7.11 Å². The molecule has 0 saturated heterocycles. The third kappa shape index (κ3) is 4.29. The number of nitrogens with two attached hydrogens (primary N) is 1. The van der Waals surface area contributed by atoms with Crippen molar-refractivity contribution in [3.8, 4) is 28.8 Å². The van der Waals surface area contributed by atoms with E-state index < -0.39 is 11.8 Å². The van der Waals surface area contributed by atoms with E-state index in [1.165, 1.54) is 0 Å². The molecule has 34 heavy (non-hydrogen) atoms. The number of aromatic nitrogens is 1. The normalized spacial score (nSPS) is 11.4. The van der Waals surface area contributed by atoms with Crippen LogP contribution in [-0.2, 0) is 4.79 Å². The molecule has 1 heterocycles. The molecule has 6 nitrogen and oxygen atoms in total. The Balaban J connectivity index is 2.06.